The van der Waals surface area contributed by atoms with E-state index < -0.39 is 0 Å². The summed E-state index contributed by atoms with van der Waals surface area (Å²) in [6.07, 6.45) is 4.21. The van der Waals surface area contributed by atoms with Crippen LogP contribution < -0.4 is 10.5 Å². The predicted octanol–water partition coefficient (Wildman–Crippen LogP) is 3.41. The molecule has 0 amide bonds. The SMILES string of the molecule is CCC(CC)n1ccc(COc2ccc(N)cc2)n1. The van der Waals surface area contributed by atoms with Gasteiger partial charge in [0.05, 0.1) is 11.7 Å². The Morgan fingerprint density at radius 1 is 1.16 bits per heavy atom. The van der Waals surface area contributed by atoms with Crippen molar-refractivity contribution in [2.75, 3.05) is 5.73 Å². The van der Waals surface area contributed by atoms with E-state index in [0.717, 1.165) is 30.0 Å². The largest absolute Gasteiger partial charge is 0.487 e. The summed E-state index contributed by atoms with van der Waals surface area (Å²) in [6.45, 7) is 4.85. The molecule has 102 valence electrons. The van der Waals surface area contributed by atoms with Gasteiger partial charge in [0.15, 0.2) is 0 Å². The monoisotopic (exact) mass is 259 g/mol. The molecule has 0 aliphatic carbocycles. The molecule has 0 fully saturated rings. The summed E-state index contributed by atoms with van der Waals surface area (Å²) in [5.41, 5.74) is 7.32. The van der Waals surface area contributed by atoms with Crippen LogP contribution in [0.4, 0.5) is 5.69 Å². The van der Waals surface area contributed by atoms with Gasteiger partial charge in [0.2, 0.25) is 0 Å². The number of nitrogens with zero attached hydrogens (tertiary/aromatic N) is 2. The van der Waals surface area contributed by atoms with Gasteiger partial charge in [-0.15, -0.1) is 0 Å². The molecule has 4 heteroatoms. The van der Waals surface area contributed by atoms with Crippen molar-refractivity contribution in [2.24, 2.45) is 0 Å². The lowest BCUT2D eigenvalue weighted by Crippen LogP contribution is -2.08. The Hall–Kier alpha value is -1.97. The van der Waals surface area contributed by atoms with Gasteiger partial charge in [0.1, 0.15) is 12.4 Å². The van der Waals surface area contributed by atoms with Crippen molar-refractivity contribution in [2.45, 2.75) is 39.3 Å². The first kappa shape index (κ1) is 13.5. The molecule has 0 spiro atoms. The van der Waals surface area contributed by atoms with E-state index in [2.05, 4.69) is 18.9 Å². The topological polar surface area (TPSA) is 53.1 Å². The number of hydrogen-bond donors (Lipinski definition) is 1. The fraction of sp³-hybridized carbons (Fsp3) is 0.400. The average Bonchev–Trinajstić information content (AvgIpc) is 2.88. The van der Waals surface area contributed by atoms with Gasteiger partial charge < -0.3 is 10.5 Å². The molecule has 0 atom stereocenters. The molecule has 2 aromatic rings. The summed E-state index contributed by atoms with van der Waals surface area (Å²) < 4.78 is 7.71. The van der Waals surface area contributed by atoms with Gasteiger partial charge in [0, 0.05) is 11.9 Å². The van der Waals surface area contributed by atoms with Crippen molar-refractivity contribution in [1.82, 2.24) is 9.78 Å². The number of nitrogen functional groups attached to an aromatic ring is 1. The van der Waals surface area contributed by atoms with E-state index in [1.54, 1.807) is 0 Å². The van der Waals surface area contributed by atoms with Crippen LogP contribution >= 0.6 is 0 Å². The predicted molar refractivity (Wildman–Crippen MR) is 77.0 cm³/mol. The number of ether oxygens (including phenoxy) is 1. The van der Waals surface area contributed by atoms with Crippen LogP contribution in [-0.4, -0.2) is 9.78 Å². The first-order chi connectivity index (χ1) is 9.22. The lowest BCUT2D eigenvalue weighted by Gasteiger charge is -2.12. The van der Waals surface area contributed by atoms with Crippen molar-refractivity contribution in [3.63, 3.8) is 0 Å². The second-order valence-corrected chi connectivity index (χ2v) is 4.62. The van der Waals surface area contributed by atoms with Crippen molar-refractivity contribution in [3.05, 3.63) is 42.2 Å². The highest BCUT2D eigenvalue weighted by Gasteiger charge is 2.08. The fourth-order valence-corrected chi connectivity index (χ4v) is 2.04. The summed E-state index contributed by atoms with van der Waals surface area (Å²) >= 11 is 0. The number of hydrogen-bond acceptors (Lipinski definition) is 3. The third kappa shape index (κ3) is 3.50. The number of nitrogens with two attached hydrogens (primary N) is 1. The van der Waals surface area contributed by atoms with Gasteiger partial charge in [-0.2, -0.15) is 5.10 Å². The van der Waals surface area contributed by atoms with E-state index in [1.807, 2.05) is 41.2 Å². The molecule has 2 rings (SSSR count). The number of anilines is 1. The number of rotatable bonds is 6. The Morgan fingerprint density at radius 3 is 2.47 bits per heavy atom. The Kier molecular flexibility index (Phi) is 4.44. The highest BCUT2D eigenvalue weighted by atomic mass is 16.5. The quantitative estimate of drug-likeness (QED) is 0.809. The van der Waals surface area contributed by atoms with Gasteiger partial charge >= 0.3 is 0 Å². The lowest BCUT2D eigenvalue weighted by atomic mass is 10.2. The zero-order chi connectivity index (χ0) is 13.7. The van der Waals surface area contributed by atoms with Gasteiger partial charge in [-0.3, -0.25) is 4.68 Å². The molecule has 1 heterocycles. The van der Waals surface area contributed by atoms with E-state index in [0.29, 0.717) is 12.6 Å². The zero-order valence-corrected chi connectivity index (χ0v) is 11.5. The molecule has 19 heavy (non-hydrogen) atoms. The van der Waals surface area contributed by atoms with E-state index in [-0.39, 0.29) is 0 Å². The minimum Gasteiger partial charge on any atom is -0.487 e. The lowest BCUT2D eigenvalue weighted by molar-refractivity contribution is 0.297. The zero-order valence-electron chi connectivity index (χ0n) is 11.5. The maximum Gasteiger partial charge on any atom is 0.132 e. The number of benzene rings is 1. The molecule has 0 aliphatic heterocycles. The van der Waals surface area contributed by atoms with Crippen LogP contribution in [0.1, 0.15) is 38.4 Å². The van der Waals surface area contributed by atoms with Gasteiger partial charge in [-0.1, -0.05) is 13.8 Å². The molecule has 0 bridgehead atoms. The van der Waals surface area contributed by atoms with Crippen molar-refractivity contribution >= 4 is 5.69 Å². The molecule has 2 N–H and O–H groups in total. The van der Waals surface area contributed by atoms with E-state index in [9.17, 15) is 0 Å². The Morgan fingerprint density at radius 2 is 1.84 bits per heavy atom. The summed E-state index contributed by atoms with van der Waals surface area (Å²) in [6, 6.07) is 9.89. The molecule has 1 aromatic carbocycles. The van der Waals surface area contributed by atoms with Gasteiger partial charge in [-0.25, -0.2) is 0 Å². The fourth-order valence-electron chi connectivity index (χ4n) is 2.04. The third-order valence-corrected chi connectivity index (χ3v) is 3.25. The van der Waals surface area contributed by atoms with Crippen molar-refractivity contribution in [1.29, 1.82) is 0 Å². The summed E-state index contributed by atoms with van der Waals surface area (Å²) in [4.78, 5) is 0. The third-order valence-electron chi connectivity index (χ3n) is 3.25. The van der Waals surface area contributed by atoms with Crippen LogP contribution in [0.25, 0.3) is 0 Å². The summed E-state index contributed by atoms with van der Waals surface area (Å²) in [5, 5.41) is 4.55. The molecular weight excluding hydrogens is 238 g/mol. The Bertz CT molecular complexity index is 500. The van der Waals surface area contributed by atoms with Crippen LogP contribution in [0.2, 0.25) is 0 Å². The van der Waals surface area contributed by atoms with Gasteiger partial charge in [-0.05, 0) is 43.2 Å². The normalized spacial score (nSPS) is 10.9. The molecule has 0 unspecified atom stereocenters. The first-order valence-electron chi connectivity index (χ1n) is 6.75. The van der Waals surface area contributed by atoms with E-state index in [4.69, 9.17) is 10.5 Å². The van der Waals surface area contributed by atoms with Gasteiger partial charge in [0.25, 0.3) is 0 Å². The standard InChI is InChI=1S/C15H21N3O/c1-3-14(4-2)18-10-9-13(17-18)11-19-15-7-5-12(16)6-8-15/h5-10,14H,3-4,11,16H2,1-2H3. The molecule has 0 aliphatic rings. The molecule has 0 radical (unpaired) electrons. The summed E-state index contributed by atoms with van der Waals surface area (Å²) in [7, 11) is 0. The maximum absolute atomic E-state index is 5.68. The van der Waals surface area contributed by atoms with Crippen molar-refractivity contribution in [3.8, 4) is 5.75 Å². The van der Waals surface area contributed by atoms with Crippen LogP contribution in [0.5, 0.6) is 5.75 Å². The average molecular weight is 259 g/mol. The smallest absolute Gasteiger partial charge is 0.132 e. The molecule has 4 nitrogen and oxygen atoms in total. The van der Waals surface area contributed by atoms with Crippen LogP contribution in [0.15, 0.2) is 36.5 Å². The second-order valence-electron chi connectivity index (χ2n) is 4.62. The van der Waals surface area contributed by atoms with E-state index >= 15 is 0 Å². The maximum atomic E-state index is 5.68. The second kappa shape index (κ2) is 6.27. The molecular formula is C15H21N3O. The summed E-state index contributed by atoms with van der Waals surface area (Å²) in [5.74, 6) is 0.811. The highest BCUT2D eigenvalue weighted by molar-refractivity contribution is 5.41. The molecule has 1 aromatic heterocycles. The highest BCUT2D eigenvalue weighted by Crippen LogP contribution is 2.17. The Balaban J connectivity index is 1.95. The van der Waals surface area contributed by atoms with Crippen molar-refractivity contribution < 1.29 is 4.74 Å². The van der Waals surface area contributed by atoms with Crippen LogP contribution in [0.3, 0.4) is 0 Å². The minimum absolute atomic E-state index is 0.477. The first-order valence-corrected chi connectivity index (χ1v) is 6.75. The molecule has 0 saturated carbocycles. The minimum atomic E-state index is 0.477. The van der Waals surface area contributed by atoms with Crippen LogP contribution in [-0.2, 0) is 6.61 Å². The Labute approximate surface area is 114 Å². The molecule has 0 saturated heterocycles. The van der Waals surface area contributed by atoms with E-state index in [1.165, 1.54) is 0 Å². The van der Waals surface area contributed by atoms with Crippen LogP contribution in [0, 0.1) is 0 Å². The number of aromatic nitrogens is 2.